The van der Waals surface area contributed by atoms with Gasteiger partial charge in [0, 0.05) is 36.8 Å². The number of pyridine rings is 1. The van der Waals surface area contributed by atoms with Gasteiger partial charge in [0.1, 0.15) is 36.2 Å². The van der Waals surface area contributed by atoms with Crippen molar-refractivity contribution in [2.24, 2.45) is 0 Å². The van der Waals surface area contributed by atoms with E-state index in [1.165, 1.54) is 30.5 Å². The Hall–Kier alpha value is -4.63. The van der Waals surface area contributed by atoms with Gasteiger partial charge in [-0.15, -0.1) is 0 Å². The molecular weight excluding hydrogens is 586 g/mol. The smallest absolute Gasteiger partial charge is 0.293 e. The molecule has 3 heterocycles. The number of amides is 1. The molecule has 5 rings (SSSR count). The molecule has 2 aromatic heterocycles. The van der Waals surface area contributed by atoms with Gasteiger partial charge in [0.2, 0.25) is 0 Å². The van der Waals surface area contributed by atoms with E-state index in [0.29, 0.717) is 37.3 Å². The molecule has 0 saturated carbocycles. The Morgan fingerprint density at radius 3 is 2.60 bits per heavy atom. The predicted octanol–water partition coefficient (Wildman–Crippen LogP) is 4.57. The summed E-state index contributed by atoms with van der Waals surface area (Å²) in [4.78, 5) is 32.6. The second-order valence-electron chi connectivity index (χ2n) is 9.97. The molecule has 43 heavy (non-hydrogen) atoms. The van der Waals surface area contributed by atoms with E-state index in [1.54, 1.807) is 29.3 Å². The number of sulfonamides is 1. The molecule has 1 fully saturated rings. The number of aromatic amines is 1. The number of ether oxygens (including phenoxy) is 1. The third-order valence-electron chi connectivity index (χ3n) is 7.20. The molecule has 0 atom stereocenters. The fourth-order valence-electron chi connectivity index (χ4n) is 4.90. The van der Waals surface area contributed by atoms with Gasteiger partial charge in [-0.1, -0.05) is 12.1 Å². The summed E-state index contributed by atoms with van der Waals surface area (Å²) in [6.07, 6.45) is 4.14. The van der Waals surface area contributed by atoms with E-state index < -0.39 is 50.8 Å². The fraction of sp³-hybridized carbons (Fsp3) is 0.286. The van der Waals surface area contributed by atoms with E-state index in [9.17, 15) is 32.1 Å². The molecule has 0 unspecified atom stereocenters. The third kappa shape index (κ3) is 6.73. The second kappa shape index (κ2) is 12.7. The van der Waals surface area contributed by atoms with Gasteiger partial charge in [0.15, 0.2) is 0 Å². The number of benzene rings is 2. The summed E-state index contributed by atoms with van der Waals surface area (Å²) < 4.78 is 60.1. The molecule has 2 aromatic carbocycles. The Labute approximate surface area is 245 Å². The van der Waals surface area contributed by atoms with Crippen molar-refractivity contribution in [3.8, 4) is 11.5 Å². The number of nitro groups is 1. The van der Waals surface area contributed by atoms with Gasteiger partial charge in [0.25, 0.3) is 21.6 Å². The summed E-state index contributed by atoms with van der Waals surface area (Å²) in [6.45, 7) is -0.782. The number of nitro benzene ring substituents is 1. The number of hydrogen-bond acceptors (Lipinski definition) is 9. The van der Waals surface area contributed by atoms with Crippen LogP contribution >= 0.6 is 0 Å². The summed E-state index contributed by atoms with van der Waals surface area (Å²) in [5.74, 6) is -0.597. The zero-order chi connectivity index (χ0) is 30.6. The number of H-pyrrole nitrogens is 1. The molecule has 1 aliphatic rings. The van der Waals surface area contributed by atoms with Crippen LogP contribution < -0.4 is 14.8 Å². The van der Waals surface area contributed by atoms with E-state index in [4.69, 9.17) is 4.74 Å². The van der Waals surface area contributed by atoms with Crippen LogP contribution in [0.5, 0.6) is 11.5 Å². The Morgan fingerprint density at radius 1 is 1.14 bits per heavy atom. The SMILES string of the molecule is O=C(NS(=O)(=O)c1ccc(NC2CCN(C(CF)CF)CC2)c([N+](=O)[O-])c1)c1ccccc1Oc1cnc2[nH]ccc2c1. The highest BCUT2D eigenvalue weighted by Crippen LogP contribution is 2.31. The van der Waals surface area contributed by atoms with Gasteiger partial charge >= 0.3 is 0 Å². The van der Waals surface area contributed by atoms with Crippen LogP contribution in [-0.2, 0) is 10.0 Å². The van der Waals surface area contributed by atoms with Crippen molar-refractivity contribution >= 4 is 38.3 Å². The fourth-order valence-corrected chi connectivity index (χ4v) is 5.88. The van der Waals surface area contributed by atoms with Crippen LogP contribution in [0.25, 0.3) is 11.0 Å². The van der Waals surface area contributed by atoms with Crippen LogP contribution in [0.2, 0.25) is 0 Å². The molecule has 15 heteroatoms. The number of anilines is 1. The van der Waals surface area contributed by atoms with Crippen molar-refractivity contribution in [2.75, 3.05) is 31.8 Å². The lowest BCUT2D eigenvalue weighted by Crippen LogP contribution is -2.46. The number of carbonyl (C=O) groups is 1. The van der Waals surface area contributed by atoms with E-state index in [0.717, 1.165) is 17.5 Å². The minimum Gasteiger partial charge on any atom is -0.455 e. The van der Waals surface area contributed by atoms with Gasteiger partial charge < -0.3 is 15.0 Å². The minimum atomic E-state index is -4.53. The van der Waals surface area contributed by atoms with Crippen LogP contribution in [0, 0.1) is 10.1 Å². The van der Waals surface area contributed by atoms with E-state index in [-0.39, 0.29) is 23.0 Å². The summed E-state index contributed by atoms with van der Waals surface area (Å²) >= 11 is 0. The molecule has 0 aliphatic carbocycles. The van der Waals surface area contributed by atoms with Gasteiger partial charge in [-0.05, 0) is 49.2 Å². The molecule has 226 valence electrons. The maximum atomic E-state index is 13.1. The van der Waals surface area contributed by atoms with Crippen molar-refractivity contribution in [3.05, 3.63) is 82.7 Å². The minimum absolute atomic E-state index is 0.0767. The van der Waals surface area contributed by atoms with Crippen LogP contribution in [0.1, 0.15) is 23.2 Å². The largest absolute Gasteiger partial charge is 0.455 e. The lowest BCUT2D eigenvalue weighted by atomic mass is 10.0. The number of fused-ring (bicyclic) bond motifs is 1. The number of nitrogens with zero attached hydrogens (tertiary/aromatic N) is 3. The average molecular weight is 615 g/mol. The Bertz CT molecular complexity index is 1740. The maximum absolute atomic E-state index is 13.1. The average Bonchev–Trinajstić information content (AvgIpc) is 3.47. The number of para-hydroxylation sites is 1. The van der Waals surface area contributed by atoms with Crippen molar-refractivity contribution in [1.29, 1.82) is 0 Å². The highest BCUT2D eigenvalue weighted by molar-refractivity contribution is 7.90. The van der Waals surface area contributed by atoms with Crippen molar-refractivity contribution in [2.45, 2.75) is 29.8 Å². The van der Waals surface area contributed by atoms with Crippen LogP contribution in [0.15, 0.2) is 71.9 Å². The number of nitrogens with one attached hydrogen (secondary N) is 3. The predicted molar refractivity (Wildman–Crippen MR) is 154 cm³/mol. The number of alkyl halides is 2. The summed E-state index contributed by atoms with van der Waals surface area (Å²) in [7, 11) is -4.53. The highest BCUT2D eigenvalue weighted by Gasteiger charge is 2.29. The molecule has 12 nitrogen and oxygen atoms in total. The number of hydrogen-bond donors (Lipinski definition) is 3. The van der Waals surface area contributed by atoms with Gasteiger partial charge in [-0.3, -0.25) is 19.8 Å². The van der Waals surface area contributed by atoms with Gasteiger partial charge in [-0.2, -0.15) is 0 Å². The summed E-state index contributed by atoms with van der Waals surface area (Å²) in [5, 5.41) is 15.7. The molecule has 1 saturated heterocycles. The standard InChI is InChI=1S/C28H28F2N6O6S/c29-15-20(16-30)35-11-8-19(9-12-35)33-24-6-5-22(14-25(24)36(38)39)43(40,41)34-28(37)23-3-1-2-4-26(23)42-21-13-18-7-10-31-27(18)32-17-21/h1-7,10,13-14,17,19-20,33H,8-9,11-12,15-16H2,(H,31,32)(H,34,37). The van der Waals surface area contributed by atoms with Crippen LogP contribution in [-0.4, -0.2) is 72.6 Å². The zero-order valence-corrected chi connectivity index (χ0v) is 23.5. The topological polar surface area (TPSA) is 160 Å². The first kappa shape index (κ1) is 29.8. The molecule has 0 bridgehead atoms. The van der Waals surface area contributed by atoms with Crippen molar-refractivity contribution in [1.82, 2.24) is 19.6 Å². The Kier molecular flexibility index (Phi) is 8.82. The quantitative estimate of drug-likeness (QED) is 0.163. The number of aromatic nitrogens is 2. The highest BCUT2D eigenvalue weighted by atomic mass is 32.2. The number of carbonyl (C=O) groups excluding carboxylic acids is 1. The Balaban J connectivity index is 1.30. The van der Waals surface area contributed by atoms with E-state index >= 15 is 0 Å². The number of halogens is 2. The Morgan fingerprint density at radius 2 is 1.88 bits per heavy atom. The first-order valence-corrected chi connectivity index (χ1v) is 14.8. The first-order chi connectivity index (χ1) is 20.7. The molecule has 0 radical (unpaired) electrons. The molecule has 0 spiro atoms. The first-order valence-electron chi connectivity index (χ1n) is 13.4. The van der Waals surface area contributed by atoms with Crippen molar-refractivity contribution in [3.63, 3.8) is 0 Å². The molecule has 1 aliphatic heterocycles. The molecule has 1 amide bonds. The normalized spacial score (nSPS) is 14.6. The molecular formula is C28H28F2N6O6S. The zero-order valence-electron chi connectivity index (χ0n) is 22.7. The molecule has 4 aromatic rings. The van der Waals surface area contributed by atoms with Gasteiger partial charge in [-0.25, -0.2) is 26.9 Å². The lowest BCUT2D eigenvalue weighted by molar-refractivity contribution is -0.384. The number of piperidine rings is 1. The molecule has 3 N–H and O–H groups in total. The van der Waals surface area contributed by atoms with Crippen LogP contribution in [0.4, 0.5) is 20.2 Å². The van der Waals surface area contributed by atoms with Crippen LogP contribution in [0.3, 0.4) is 0 Å². The third-order valence-corrected chi connectivity index (χ3v) is 8.53. The van der Waals surface area contributed by atoms with Crippen molar-refractivity contribution < 1.29 is 31.7 Å². The second-order valence-corrected chi connectivity index (χ2v) is 11.7. The van der Waals surface area contributed by atoms with E-state index in [2.05, 4.69) is 15.3 Å². The lowest BCUT2D eigenvalue weighted by Gasteiger charge is -2.35. The van der Waals surface area contributed by atoms with E-state index in [1.807, 2.05) is 4.72 Å². The summed E-state index contributed by atoms with van der Waals surface area (Å²) in [5.41, 5.74) is 0.153. The monoisotopic (exact) mass is 614 g/mol. The maximum Gasteiger partial charge on any atom is 0.293 e. The summed E-state index contributed by atoms with van der Waals surface area (Å²) in [6, 6.07) is 11.8. The van der Waals surface area contributed by atoms with Gasteiger partial charge in [0.05, 0.1) is 27.6 Å². The number of rotatable bonds is 11. The number of likely N-dealkylation sites (tertiary alicyclic amines) is 1.